The van der Waals surface area contributed by atoms with E-state index in [-0.39, 0.29) is 0 Å². The molecule has 0 heterocycles. The van der Waals surface area contributed by atoms with Crippen LogP contribution in [0.3, 0.4) is 0 Å². The average molecular weight is 160 g/mol. The van der Waals surface area contributed by atoms with Crippen LogP contribution in [0.15, 0.2) is 0 Å². The Morgan fingerprint density at radius 3 is 1.64 bits per heavy atom. The van der Waals surface area contributed by atoms with Crippen molar-refractivity contribution in [2.24, 2.45) is 11.5 Å². The van der Waals surface area contributed by atoms with Gasteiger partial charge in [0.05, 0.1) is 0 Å². The van der Waals surface area contributed by atoms with Crippen LogP contribution in [-0.4, -0.2) is 19.9 Å². The summed E-state index contributed by atoms with van der Waals surface area (Å²) < 4.78 is 0. The predicted molar refractivity (Wildman–Crippen MR) is 48.3 cm³/mol. The Labute approximate surface area is 69.1 Å². The van der Waals surface area contributed by atoms with Gasteiger partial charge in [0.15, 0.2) is 0 Å². The monoisotopic (exact) mass is 160 g/mol. The molecule has 0 radical (unpaired) electrons. The van der Waals surface area contributed by atoms with E-state index in [1.54, 1.807) is 0 Å². The van der Waals surface area contributed by atoms with Crippen LogP contribution in [0.4, 0.5) is 0 Å². The largest absolute Gasteiger partial charge is 0.333 e. The van der Waals surface area contributed by atoms with Crippen LogP contribution in [0.2, 0.25) is 0 Å². The second kappa shape index (κ2) is 12.3. The van der Waals surface area contributed by atoms with E-state index in [4.69, 9.17) is 10.5 Å². The third-order valence-electron chi connectivity index (χ3n) is 1.65. The van der Waals surface area contributed by atoms with Crippen molar-refractivity contribution in [2.75, 3.05) is 7.05 Å². The summed E-state index contributed by atoms with van der Waals surface area (Å²) >= 11 is 0. The molecule has 0 spiro atoms. The van der Waals surface area contributed by atoms with Crippen molar-refractivity contribution in [3.05, 3.63) is 0 Å². The van der Waals surface area contributed by atoms with E-state index >= 15 is 0 Å². The zero-order valence-corrected chi connectivity index (χ0v) is 7.38. The number of hydrogen-bond donors (Lipinski definition) is 2. The smallest absolute Gasteiger partial charge is 0.106 e. The minimum atomic E-state index is 0.536. The lowest BCUT2D eigenvalue weighted by molar-refractivity contribution is -0.0979. The molecule has 11 heavy (non-hydrogen) atoms. The summed E-state index contributed by atoms with van der Waals surface area (Å²) in [4.78, 5) is 8.00. The van der Waals surface area contributed by atoms with Crippen LogP contribution < -0.4 is 11.5 Å². The Bertz CT molecular complexity index is 63.1. The highest BCUT2D eigenvalue weighted by atomic mass is 16.1. The van der Waals surface area contributed by atoms with Crippen molar-refractivity contribution in [1.82, 2.24) is 0 Å². The molecule has 0 aromatic carbocycles. The zero-order valence-electron chi connectivity index (χ0n) is 7.38. The van der Waals surface area contributed by atoms with Gasteiger partial charge >= 0.3 is 0 Å². The summed E-state index contributed by atoms with van der Waals surface area (Å²) in [5.74, 6) is 0. The first-order chi connectivity index (χ1) is 5.39. The molecule has 0 saturated heterocycles. The molecule has 0 bridgehead atoms. The molecule has 0 unspecified atom stereocenters. The standard InChI is InChI=1S/C6H13N.CH5N.CH2O/c7-6-4-2-1-3-5-6;2*1-2/h6H,1-5,7H2;2H2,1H3;1H2. The highest BCUT2D eigenvalue weighted by Gasteiger charge is 2.06. The third kappa shape index (κ3) is 9.59. The molecule has 1 aliphatic rings. The second-order valence-electron chi connectivity index (χ2n) is 2.40. The summed E-state index contributed by atoms with van der Waals surface area (Å²) in [7, 11) is 1.50. The molecule has 0 aliphatic heterocycles. The lowest BCUT2D eigenvalue weighted by Gasteiger charge is -2.15. The van der Waals surface area contributed by atoms with E-state index in [1.165, 1.54) is 39.2 Å². The summed E-state index contributed by atoms with van der Waals surface area (Å²) in [6, 6.07) is 0.536. The predicted octanol–water partition coefficient (Wildman–Crippen LogP) is 0.668. The van der Waals surface area contributed by atoms with Gasteiger partial charge in [0.25, 0.3) is 0 Å². The second-order valence-corrected chi connectivity index (χ2v) is 2.40. The van der Waals surface area contributed by atoms with Crippen LogP contribution in [0.25, 0.3) is 0 Å². The van der Waals surface area contributed by atoms with Gasteiger partial charge in [0, 0.05) is 6.04 Å². The minimum Gasteiger partial charge on any atom is -0.333 e. The van der Waals surface area contributed by atoms with Gasteiger partial charge < -0.3 is 16.3 Å². The van der Waals surface area contributed by atoms with Crippen LogP contribution in [-0.2, 0) is 4.79 Å². The van der Waals surface area contributed by atoms with Crippen LogP contribution in [0.1, 0.15) is 32.1 Å². The van der Waals surface area contributed by atoms with Gasteiger partial charge in [-0.2, -0.15) is 0 Å². The number of rotatable bonds is 0. The van der Waals surface area contributed by atoms with Gasteiger partial charge in [-0.05, 0) is 19.9 Å². The van der Waals surface area contributed by atoms with E-state index in [2.05, 4.69) is 5.73 Å². The third-order valence-corrected chi connectivity index (χ3v) is 1.65. The van der Waals surface area contributed by atoms with E-state index < -0.39 is 0 Å². The quantitative estimate of drug-likeness (QED) is 0.547. The molecule has 0 atom stereocenters. The number of carbonyl (C=O) groups excluding carboxylic acids is 1. The number of nitrogens with two attached hydrogens (primary N) is 2. The fourth-order valence-corrected chi connectivity index (χ4v) is 1.13. The molecule has 1 rings (SSSR count). The van der Waals surface area contributed by atoms with E-state index in [9.17, 15) is 0 Å². The normalized spacial score (nSPS) is 17.0. The molecule has 0 aromatic rings. The molecule has 3 nitrogen and oxygen atoms in total. The van der Waals surface area contributed by atoms with E-state index in [0.29, 0.717) is 6.04 Å². The van der Waals surface area contributed by atoms with E-state index in [0.717, 1.165) is 0 Å². The van der Waals surface area contributed by atoms with Crippen molar-refractivity contribution < 1.29 is 4.79 Å². The molecule has 1 aliphatic carbocycles. The summed E-state index contributed by atoms with van der Waals surface area (Å²) in [6.07, 6.45) is 6.66. The van der Waals surface area contributed by atoms with Gasteiger partial charge in [-0.15, -0.1) is 0 Å². The SMILES string of the molecule is C=O.CN.NC1CCCCC1. The number of carbonyl (C=O) groups is 1. The Balaban J connectivity index is 0. The van der Waals surface area contributed by atoms with Gasteiger partial charge in [-0.1, -0.05) is 19.3 Å². The molecule has 1 fully saturated rings. The maximum absolute atomic E-state index is 8.00. The Kier molecular flexibility index (Phi) is 14.7. The first-order valence-electron chi connectivity index (χ1n) is 4.02. The number of hydrogen-bond acceptors (Lipinski definition) is 3. The molecule has 4 N–H and O–H groups in total. The summed E-state index contributed by atoms with van der Waals surface area (Å²) in [5.41, 5.74) is 10.1. The lowest BCUT2D eigenvalue weighted by atomic mass is 9.97. The van der Waals surface area contributed by atoms with Crippen molar-refractivity contribution in [3.63, 3.8) is 0 Å². The summed E-state index contributed by atoms with van der Waals surface area (Å²) in [5, 5.41) is 0. The van der Waals surface area contributed by atoms with Crippen LogP contribution >= 0.6 is 0 Å². The van der Waals surface area contributed by atoms with Gasteiger partial charge in [-0.3, -0.25) is 0 Å². The average Bonchev–Trinajstić information content (AvgIpc) is 2.13. The highest BCUT2D eigenvalue weighted by Crippen LogP contribution is 2.14. The van der Waals surface area contributed by atoms with Gasteiger partial charge in [-0.25, -0.2) is 0 Å². The maximum Gasteiger partial charge on any atom is 0.106 e. The summed E-state index contributed by atoms with van der Waals surface area (Å²) in [6.45, 7) is 2.00. The molecule has 0 amide bonds. The fraction of sp³-hybridized carbons (Fsp3) is 0.875. The molecule has 0 aromatic heterocycles. The van der Waals surface area contributed by atoms with Crippen molar-refractivity contribution in [2.45, 2.75) is 38.1 Å². The Hall–Kier alpha value is -0.410. The van der Waals surface area contributed by atoms with Crippen molar-refractivity contribution >= 4 is 6.79 Å². The van der Waals surface area contributed by atoms with Crippen LogP contribution in [0.5, 0.6) is 0 Å². The highest BCUT2D eigenvalue weighted by molar-refractivity contribution is 5.10. The Morgan fingerprint density at radius 2 is 1.45 bits per heavy atom. The topological polar surface area (TPSA) is 69.1 Å². The molecular formula is C8H20N2O. The minimum absolute atomic E-state index is 0.536. The van der Waals surface area contributed by atoms with Gasteiger partial charge in [0.2, 0.25) is 0 Å². The molecule has 1 saturated carbocycles. The fourth-order valence-electron chi connectivity index (χ4n) is 1.13. The van der Waals surface area contributed by atoms with Gasteiger partial charge in [0.1, 0.15) is 6.79 Å². The maximum atomic E-state index is 8.00. The Morgan fingerprint density at radius 1 is 1.09 bits per heavy atom. The molecule has 68 valence electrons. The van der Waals surface area contributed by atoms with Crippen molar-refractivity contribution in [3.8, 4) is 0 Å². The zero-order chi connectivity index (χ0) is 9.11. The first kappa shape index (κ1) is 13.2. The first-order valence-corrected chi connectivity index (χ1v) is 4.02. The van der Waals surface area contributed by atoms with Crippen LogP contribution in [0, 0.1) is 0 Å². The van der Waals surface area contributed by atoms with E-state index in [1.807, 2.05) is 6.79 Å². The van der Waals surface area contributed by atoms with Crippen molar-refractivity contribution in [1.29, 1.82) is 0 Å². The molecular weight excluding hydrogens is 140 g/mol. The molecule has 3 heteroatoms. The lowest BCUT2D eigenvalue weighted by Crippen LogP contribution is -2.22.